The van der Waals surface area contributed by atoms with Crippen molar-refractivity contribution in [1.82, 2.24) is 10.3 Å². The molecule has 0 bridgehead atoms. The van der Waals surface area contributed by atoms with Crippen molar-refractivity contribution in [3.8, 4) is 28.1 Å². The molecule has 0 radical (unpaired) electrons. The number of hydrogen-bond acceptors (Lipinski definition) is 4. The van der Waals surface area contributed by atoms with Crippen LogP contribution in [0.2, 0.25) is 0 Å². The first-order valence-corrected chi connectivity index (χ1v) is 11.0. The second kappa shape index (κ2) is 7.92. The van der Waals surface area contributed by atoms with Gasteiger partial charge < -0.3 is 10.4 Å². The topological polar surface area (TPSA) is 45.2 Å². The number of hydrogen-bond donors (Lipinski definition) is 2. The van der Waals surface area contributed by atoms with Gasteiger partial charge in [-0.1, -0.05) is 65.8 Å². The molecule has 0 aliphatic heterocycles. The number of rotatable bonds is 4. The van der Waals surface area contributed by atoms with Crippen LogP contribution in [-0.2, 0) is 17.4 Å². The van der Waals surface area contributed by atoms with E-state index >= 15 is 0 Å². The molecule has 154 valence electrons. The van der Waals surface area contributed by atoms with Gasteiger partial charge in [0.2, 0.25) is 0 Å². The molecule has 0 spiro atoms. The van der Waals surface area contributed by atoms with Crippen LogP contribution in [0.3, 0.4) is 0 Å². The Balaban J connectivity index is 2.03. The Labute approximate surface area is 178 Å². The molecule has 0 aliphatic carbocycles. The lowest BCUT2D eigenvalue weighted by molar-refractivity contribution is 0.423. The molecule has 0 saturated heterocycles. The van der Waals surface area contributed by atoms with Crippen LogP contribution in [0.15, 0.2) is 41.8 Å². The highest BCUT2D eigenvalue weighted by Gasteiger charge is 2.26. The highest BCUT2D eigenvalue weighted by molar-refractivity contribution is 7.09. The Morgan fingerprint density at radius 2 is 1.38 bits per heavy atom. The standard InChI is InChI=1S/C25H32N2OS/c1-24(2,3)19-12-18(13-20(23(19)28)25(4,5)6)16-8-10-17(11-9-16)21-15-29-22(27-21)14-26-7/h8-13,15,26,28H,14H2,1-7H3. The van der Waals surface area contributed by atoms with E-state index in [1.807, 2.05) is 7.05 Å². The molecule has 0 aliphatic rings. The zero-order valence-corrected chi connectivity index (χ0v) is 19.4. The van der Waals surface area contributed by atoms with Crippen molar-refractivity contribution in [2.45, 2.75) is 58.9 Å². The summed E-state index contributed by atoms with van der Waals surface area (Å²) in [4.78, 5) is 4.70. The summed E-state index contributed by atoms with van der Waals surface area (Å²) >= 11 is 1.68. The molecule has 2 aromatic carbocycles. The van der Waals surface area contributed by atoms with Crippen LogP contribution in [0.5, 0.6) is 5.75 Å². The highest BCUT2D eigenvalue weighted by Crippen LogP contribution is 2.42. The second-order valence-electron chi connectivity index (χ2n) is 9.65. The lowest BCUT2D eigenvalue weighted by Crippen LogP contribution is -2.17. The Morgan fingerprint density at radius 1 is 0.862 bits per heavy atom. The summed E-state index contributed by atoms with van der Waals surface area (Å²) in [6.07, 6.45) is 0. The Hall–Kier alpha value is -2.17. The number of aromatic nitrogens is 1. The molecule has 3 aromatic rings. The van der Waals surface area contributed by atoms with E-state index in [9.17, 15) is 5.11 Å². The fraction of sp³-hybridized carbons (Fsp3) is 0.400. The number of benzene rings is 2. The number of aromatic hydroxyl groups is 1. The van der Waals surface area contributed by atoms with E-state index in [4.69, 9.17) is 4.98 Å². The number of thiazole rings is 1. The number of nitrogens with zero attached hydrogens (tertiary/aromatic N) is 1. The van der Waals surface area contributed by atoms with Gasteiger partial charge in [0.05, 0.1) is 5.69 Å². The van der Waals surface area contributed by atoms with Crippen LogP contribution in [0.25, 0.3) is 22.4 Å². The van der Waals surface area contributed by atoms with Gasteiger partial charge in [-0.3, -0.25) is 0 Å². The molecule has 0 atom stereocenters. The van der Waals surface area contributed by atoms with Crippen molar-refractivity contribution in [1.29, 1.82) is 0 Å². The van der Waals surface area contributed by atoms with Crippen molar-refractivity contribution in [2.75, 3.05) is 7.05 Å². The highest BCUT2D eigenvalue weighted by atomic mass is 32.1. The Morgan fingerprint density at radius 3 is 1.86 bits per heavy atom. The quantitative estimate of drug-likeness (QED) is 0.518. The lowest BCUT2D eigenvalue weighted by atomic mass is 9.77. The lowest BCUT2D eigenvalue weighted by Gasteiger charge is -2.28. The van der Waals surface area contributed by atoms with Gasteiger partial charge in [-0.05, 0) is 41.1 Å². The van der Waals surface area contributed by atoms with E-state index in [2.05, 4.69) is 88.6 Å². The smallest absolute Gasteiger partial charge is 0.123 e. The molecule has 2 N–H and O–H groups in total. The van der Waals surface area contributed by atoms with Gasteiger partial charge in [-0.2, -0.15) is 0 Å². The summed E-state index contributed by atoms with van der Waals surface area (Å²) in [5.41, 5.74) is 6.13. The van der Waals surface area contributed by atoms with E-state index in [0.717, 1.165) is 45.1 Å². The van der Waals surface area contributed by atoms with Crippen LogP contribution in [-0.4, -0.2) is 17.1 Å². The molecular formula is C25H32N2OS. The van der Waals surface area contributed by atoms with E-state index in [-0.39, 0.29) is 10.8 Å². The maximum Gasteiger partial charge on any atom is 0.123 e. The zero-order chi connectivity index (χ0) is 21.4. The minimum Gasteiger partial charge on any atom is -0.507 e. The van der Waals surface area contributed by atoms with Crippen molar-refractivity contribution in [3.63, 3.8) is 0 Å². The first kappa shape index (κ1) is 21.5. The minimum atomic E-state index is -0.135. The first-order chi connectivity index (χ1) is 13.5. The predicted octanol–water partition coefficient (Wildman–Crippen LogP) is 6.50. The third-order valence-electron chi connectivity index (χ3n) is 5.12. The van der Waals surface area contributed by atoms with E-state index in [1.165, 1.54) is 0 Å². The van der Waals surface area contributed by atoms with Crippen LogP contribution >= 0.6 is 11.3 Å². The summed E-state index contributed by atoms with van der Waals surface area (Å²) < 4.78 is 0. The molecule has 0 saturated carbocycles. The average Bonchev–Trinajstić information content (AvgIpc) is 3.09. The summed E-state index contributed by atoms with van der Waals surface area (Å²) in [6.45, 7) is 13.7. The SMILES string of the molecule is CNCc1nc(-c2ccc(-c3cc(C(C)(C)C)c(O)c(C(C)(C)C)c3)cc2)cs1. The van der Waals surface area contributed by atoms with Gasteiger partial charge in [0, 0.05) is 28.6 Å². The summed E-state index contributed by atoms with van der Waals surface area (Å²) in [5.74, 6) is 0.421. The van der Waals surface area contributed by atoms with Crippen LogP contribution in [0, 0.1) is 0 Å². The van der Waals surface area contributed by atoms with Gasteiger partial charge >= 0.3 is 0 Å². The molecular weight excluding hydrogens is 376 g/mol. The van der Waals surface area contributed by atoms with Crippen LogP contribution in [0.1, 0.15) is 57.7 Å². The maximum absolute atomic E-state index is 11.0. The summed E-state index contributed by atoms with van der Waals surface area (Å²) in [7, 11) is 1.94. The second-order valence-corrected chi connectivity index (χ2v) is 10.6. The molecule has 1 aromatic heterocycles. The van der Waals surface area contributed by atoms with Crippen molar-refractivity contribution in [2.24, 2.45) is 0 Å². The van der Waals surface area contributed by atoms with Crippen molar-refractivity contribution in [3.05, 3.63) is 57.9 Å². The van der Waals surface area contributed by atoms with E-state index in [1.54, 1.807) is 11.3 Å². The largest absolute Gasteiger partial charge is 0.507 e. The maximum atomic E-state index is 11.0. The van der Waals surface area contributed by atoms with Crippen molar-refractivity contribution >= 4 is 11.3 Å². The monoisotopic (exact) mass is 408 g/mol. The molecule has 1 heterocycles. The minimum absolute atomic E-state index is 0.135. The van der Waals surface area contributed by atoms with Crippen molar-refractivity contribution < 1.29 is 5.11 Å². The molecule has 3 nitrogen and oxygen atoms in total. The third-order valence-corrected chi connectivity index (χ3v) is 5.97. The normalized spacial score (nSPS) is 12.4. The van der Waals surface area contributed by atoms with Crippen LogP contribution < -0.4 is 5.32 Å². The fourth-order valence-corrected chi connectivity index (χ4v) is 4.27. The molecule has 0 unspecified atom stereocenters. The first-order valence-electron chi connectivity index (χ1n) is 10.1. The zero-order valence-electron chi connectivity index (χ0n) is 18.6. The third kappa shape index (κ3) is 4.71. The number of phenols is 1. The number of nitrogens with one attached hydrogen (secondary N) is 1. The van der Waals surface area contributed by atoms with Gasteiger partial charge in [0.25, 0.3) is 0 Å². The average molecular weight is 409 g/mol. The molecule has 29 heavy (non-hydrogen) atoms. The number of phenolic OH excluding ortho intramolecular Hbond substituents is 1. The fourth-order valence-electron chi connectivity index (χ4n) is 3.45. The Kier molecular flexibility index (Phi) is 5.88. The summed E-state index contributed by atoms with van der Waals surface area (Å²) in [5, 5.41) is 17.3. The van der Waals surface area contributed by atoms with E-state index < -0.39 is 0 Å². The van der Waals surface area contributed by atoms with Gasteiger partial charge in [-0.25, -0.2) is 4.98 Å². The molecule has 0 fully saturated rings. The Bertz CT molecular complexity index is 954. The van der Waals surface area contributed by atoms with E-state index in [0.29, 0.717) is 5.75 Å². The van der Waals surface area contributed by atoms with Gasteiger partial charge in [0.15, 0.2) is 0 Å². The van der Waals surface area contributed by atoms with Crippen LogP contribution in [0.4, 0.5) is 0 Å². The molecule has 3 rings (SSSR count). The predicted molar refractivity (Wildman–Crippen MR) is 125 cm³/mol. The molecule has 0 amide bonds. The van der Waals surface area contributed by atoms with Gasteiger partial charge in [-0.15, -0.1) is 11.3 Å². The summed E-state index contributed by atoms with van der Waals surface area (Å²) in [6, 6.07) is 12.8. The molecule has 4 heteroatoms. The van der Waals surface area contributed by atoms with Gasteiger partial charge in [0.1, 0.15) is 10.8 Å².